The van der Waals surface area contributed by atoms with Crippen molar-refractivity contribution in [2.45, 2.75) is 6.42 Å². The van der Waals surface area contributed by atoms with Crippen LogP contribution in [0.4, 0.5) is 0 Å². The first-order valence-corrected chi connectivity index (χ1v) is 5.73. The van der Waals surface area contributed by atoms with E-state index in [1.165, 1.54) is 0 Å². The maximum atomic E-state index is 12.1. The van der Waals surface area contributed by atoms with E-state index in [1.807, 2.05) is 39.8 Å². The molecular formula is C13H13N3O. The summed E-state index contributed by atoms with van der Waals surface area (Å²) in [6.07, 6.45) is 4.42. The summed E-state index contributed by atoms with van der Waals surface area (Å²) in [5.41, 5.74) is 1.60. The Hall–Kier alpha value is -2.10. The second-order valence-electron chi connectivity index (χ2n) is 4.13. The molecule has 1 aliphatic rings. The molecule has 1 aromatic carbocycles. The molecule has 1 aromatic heterocycles. The third kappa shape index (κ3) is 1.71. The van der Waals surface area contributed by atoms with Gasteiger partial charge in [0.15, 0.2) is 0 Å². The number of imidazole rings is 1. The van der Waals surface area contributed by atoms with Crippen molar-refractivity contribution in [3.63, 3.8) is 0 Å². The lowest BCUT2D eigenvalue weighted by molar-refractivity contribution is 0.0643. The van der Waals surface area contributed by atoms with Gasteiger partial charge in [0.2, 0.25) is 0 Å². The van der Waals surface area contributed by atoms with Crippen LogP contribution in [-0.2, 0) is 0 Å². The zero-order valence-electron chi connectivity index (χ0n) is 9.41. The van der Waals surface area contributed by atoms with E-state index in [0.29, 0.717) is 5.69 Å². The van der Waals surface area contributed by atoms with Gasteiger partial charge in [-0.15, -0.1) is 0 Å². The number of hydrogen-bond donors (Lipinski definition) is 0. The first-order chi connectivity index (χ1) is 8.36. The quantitative estimate of drug-likeness (QED) is 0.783. The molecular weight excluding hydrogens is 214 g/mol. The van der Waals surface area contributed by atoms with Crippen LogP contribution in [0.25, 0.3) is 5.69 Å². The molecule has 1 aliphatic heterocycles. The summed E-state index contributed by atoms with van der Waals surface area (Å²) < 4.78 is 1.83. The first kappa shape index (κ1) is 10.1. The van der Waals surface area contributed by atoms with Crippen LogP contribution >= 0.6 is 0 Å². The number of amides is 1. The predicted octanol–water partition coefficient (Wildman–Crippen LogP) is 1.72. The summed E-state index contributed by atoms with van der Waals surface area (Å²) in [4.78, 5) is 18.1. The Bertz CT molecular complexity index is 529. The molecule has 1 amide bonds. The van der Waals surface area contributed by atoms with Gasteiger partial charge in [0.05, 0.1) is 12.5 Å². The smallest absolute Gasteiger partial charge is 0.272 e. The fraction of sp³-hybridized carbons (Fsp3) is 0.231. The molecule has 0 bridgehead atoms. The van der Waals surface area contributed by atoms with Gasteiger partial charge in [-0.05, 0) is 18.6 Å². The number of benzene rings is 1. The number of para-hydroxylation sites is 1. The monoisotopic (exact) mass is 227 g/mol. The topological polar surface area (TPSA) is 38.1 Å². The Morgan fingerprint density at radius 1 is 1.18 bits per heavy atom. The lowest BCUT2D eigenvalue weighted by atomic mass is 10.2. The van der Waals surface area contributed by atoms with Gasteiger partial charge in [0.1, 0.15) is 5.69 Å². The van der Waals surface area contributed by atoms with E-state index in [4.69, 9.17) is 0 Å². The second kappa shape index (κ2) is 4.05. The van der Waals surface area contributed by atoms with Gasteiger partial charge in [0, 0.05) is 18.8 Å². The number of nitrogens with zero attached hydrogens (tertiary/aromatic N) is 3. The van der Waals surface area contributed by atoms with E-state index >= 15 is 0 Å². The van der Waals surface area contributed by atoms with Crippen molar-refractivity contribution in [2.24, 2.45) is 0 Å². The van der Waals surface area contributed by atoms with Crippen LogP contribution in [0.2, 0.25) is 0 Å². The highest BCUT2D eigenvalue weighted by Crippen LogP contribution is 2.16. The molecule has 4 nitrogen and oxygen atoms in total. The van der Waals surface area contributed by atoms with E-state index in [1.54, 1.807) is 12.5 Å². The molecule has 0 spiro atoms. The molecule has 1 saturated heterocycles. The second-order valence-corrected chi connectivity index (χ2v) is 4.13. The zero-order valence-corrected chi connectivity index (χ0v) is 9.41. The van der Waals surface area contributed by atoms with E-state index < -0.39 is 0 Å². The van der Waals surface area contributed by atoms with Gasteiger partial charge < -0.3 is 4.90 Å². The van der Waals surface area contributed by atoms with Crippen molar-refractivity contribution in [3.8, 4) is 5.69 Å². The molecule has 2 aromatic rings. The Morgan fingerprint density at radius 2 is 1.94 bits per heavy atom. The molecule has 0 radical (unpaired) electrons. The lowest BCUT2D eigenvalue weighted by Crippen LogP contribution is -2.42. The summed E-state index contributed by atoms with van der Waals surface area (Å²) in [5.74, 6) is 0.0672. The maximum absolute atomic E-state index is 12.1. The Labute approximate surface area is 99.5 Å². The highest BCUT2D eigenvalue weighted by molar-refractivity contribution is 5.93. The number of rotatable bonds is 2. The Balaban J connectivity index is 1.96. The van der Waals surface area contributed by atoms with E-state index in [0.717, 1.165) is 25.2 Å². The largest absolute Gasteiger partial charge is 0.337 e. The molecule has 0 N–H and O–H groups in total. The van der Waals surface area contributed by atoms with Crippen LogP contribution in [0.5, 0.6) is 0 Å². The summed E-state index contributed by atoms with van der Waals surface area (Å²) in [5, 5.41) is 0. The zero-order chi connectivity index (χ0) is 11.7. The minimum atomic E-state index is 0.0672. The van der Waals surface area contributed by atoms with E-state index in [9.17, 15) is 4.79 Å². The van der Waals surface area contributed by atoms with Crippen molar-refractivity contribution < 1.29 is 4.79 Å². The number of likely N-dealkylation sites (tertiary alicyclic amines) is 1. The fourth-order valence-electron chi connectivity index (χ4n) is 1.93. The Kier molecular flexibility index (Phi) is 2.40. The van der Waals surface area contributed by atoms with Crippen LogP contribution in [0.3, 0.4) is 0 Å². The highest BCUT2D eigenvalue weighted by Gasteiger charge is 2.24. The molecule has 86 valence electrons. The van der Waals surface area contributed by atoms with Crippen LogP contribution in [0.15, 0.2) is 42.9 Å². The van der Waals surface area contributed by atoms with Crippen LogP contribution in [-0.4, -0.2) is 33.4 Å². The van der Waals surface area contributed by atoms with Crippen molar-refractivity contribution in [1.82, 2.24) is 14.5 Å². The maximum Gasteiger partial charge on any atom is 0.272 e. The minimum Gasteiger partial charge on any atom is -0.337 e. The van der Waals surface area contributed by atoms with Gasteiger partial charge in [-0.1, -0.05) is 18.2 Å². The fourth-order valence-corrected chi connectivity index (χ4v) is 1.93. The van der Waals surface area contributed by atoms with Gasteiger partial charge in [-0.2, -0.15) is 0 Å². The van der Waals surface area contributed by atoms with Crippen LogP contribution in [0.1, 0.15) is 16.9 Å². The number of aromatic nitrogens is 2. The molecule has 0 unspecified atom stereocenters. The van der Waals surface area contributed by atoms with E-state index in [2.05, 4.69) is 4.98 Å². The summed E-state index contributed by atoms with van der Waals surface area (Å²) >= 11 is 0. The predicted molar refractivity (Wildman–Crippen MR) is 64.1 cm³/mol. The first-order valence-electron chi connectivity index (χ1n) is 5.73. The highest BCUT2D eigenvalue weighted by atomic mass is 16.2. The summed E-state index contributed by atoms with van der Waals surface area (Å²) in [6.45, 7) is 1.72. The van der Waals surface area contributed by atoms with Gasteiger partial charge in [-0.3, -0.25) is 9.36 Å². The van der Waals surface area contributed by atoms with Crippen molar-refractivity contribution >= 4 is 5.91 Å². The SMILES string of the molecule is O=C(c1cncn1-c1ccccc1)N1CCC1. The average Bonchev–Trinajstić information content (AvgIpc) is 2.76. The summed E-state index contributed by atoms with van der Waals surface area (Å²) in [7, 11) is 0. The average molecular weight is 227 g/mol. The third-order valence-electron chi connectivity index (χ3n) is 3.04. The van der Waals surface area contributed by atoms with Crippen molar-refractivity contribution in [1.29, 1.82) is 0 Å². The molecule has 2 heterocycles. The molecule has 1 fully saturated rings. The summed E-state index contributed by atoms with van der Waals surface area (Å²) in [6, 6.07) is 9.79. The standard InChI is InChI=1S/C13H13N3O/c17-13(15-7-4-8-15)12-9-14-10-16(12)11-5-2-1-3-6-11/h1-3,5-6,9-10H,4,7-8H2. The minimum absolute atomic E-state index is 0.0672. The van der Waals surface area contributed by atoms with E-state index in [-0.39, 0.29) is 5.91 Å². The lowest BCUT2D eigenvalue weighted by Gasteiger charge is -2.30. The molecule has 0 saturated carbocycles. The Morgan fingerprint density at radius 3 is 2.59 bits per heavy atom. The van der Waals surface area contributed by atoms with Gasteiger partial charge >= 0.3 is 0 Å². The number of hydrogen-bond acceptors (Lipinski definition) is 2. The number of carbonyl (C=O) groups excluding carboxylic acids is 1. The molecule has 0 aliphatic carbocycles. The molecule has 3 rings (SSSR count). The van der Waals surface area contributed by atoms with Crippen LogP contribution < -0.4 is 0 Å². The van der Waals surface area contributed by atoms with Gasteiger partial charge in [-0.25, -0.2) is 4.98 Å². The molecule has 4 heteroatoms. The van der Waals surface area contributed by atoms with Crippen LogP contribution in [0, 0.1) is 0 Å². The molecule has 0 atom stereocenters. The van der Waals surface area contributed by atoms with Gasteiger partial charge in [0.25, 0.3) is 5.91 Å². The normalized spacial score (nSPS) is 14.5. The van der Waals surface area contributed by atoms with Crippen molar-refractivity contribution in [2.75, 3.05) is 13.1 Å². The van der Waals surface area contributed by atoms with Crippen molar-refractivity contribution in [3.05, 3.63) is 48.5 Å². The number of carbonyl (C=O) groups is 1. The third-order valence-corrected chi connectivity index (χ3v) is 3.04. The molecule has 17 heavy (non-hydrogen) atoms.